The van der Waals surface area contributed by atoms with Crippen LogP contribution in [0, 0.1) is 19.8 Å². The molecular weight excluding hydrogens is 360 g/mol. The summed E-state index contributed by atoms with van der Waals surface area (Å²) >= 11 is 0. The highest BCUT2D eigenvalue weighted by molar-refractivity contribution is 7.89. The van der Waals surface area contributed by atoms with Gasteiger partial charge in [-0.05, 0) is 44.6 Å². The van der Waals surface area contributed by atoms with Gasteiger partial charge in [-0.25, -0.2) is 13.1 Å². The SMILES string of the molecule is Cc1nn(C(F)F)c(C)c1S(=O)(=O)N1CCC(Cc2ccccc2)CC1. The zero-order valence-corrected chi connectivity index (χ0v) is 15.7. The number of alkyl halides is 2. The summed E-state index contributed by atoms with van der Waals surface area (Å²) in [6.07, 6.45) is 2.44. The van der Waals surface area contributed by atoms with Crippen LogP contribution in [0.1, 0.15) is 36.3 Å². The van der Waals surface area contributed by atoms with Crippen LogP contribution in [0.15, 0.2) is 35.2 Å². The normalized spacial score (nSPS) is 17.1. The van der Waals surface area contributed by atoms with Crippen LogP contribution < -0.4 is 0 Å². The molecule has 0 N–H and O–H groups in total. The van der Waals surface area contributed by atoms with E-state index < -0.39 is 16.6 Å². The van der Waals surface area contributed by atoms with Crippen molar-refractivity contribution in [1.29, 1.82) is 0 Å². The van der Waals surface area contributed by atoms with E-state index in [0.29, 0.717) is 23.7 Å². The van der Waals surface area contributed by atoms with Gasteiger partial charge in [0.05, 0.1) is 11.4 Å². The molecule has 1 aromatic heterocycles. The Balaban J connectivity index is 1.73. The largest absolute Gasteiger partial charge is 0.333 e. The summed E-state index contributed by atoms with van der Waals surface area (Å²) in [7, 11) is -3.82. The number of nitrogens with zero attached hydrogens (tertiary/aromatic N) is 3. The minimum Gasteiger partial charge on any atom is -0.207 e. The average molecular weight is 383 g/mol. The molecule has 1 aromatic carbocycles. The van der Waals surface area contributed by atoms with Crippen molar-refractivity contribution in [2.45, 2.75) is 44.6 Å². The third-order valence-corrected chi connectivity index (χ3v) is 7.13. The lowest BCUT2D eigenvalue weighted by Crippen LogP contribution is -2.39. The molecule has 5 nitrogen and oxygen atoms in total. The van der Waals surface area contributed by atoms with Crippen LogP contribution in [0.3, 0.4) is 0 Å². The third kappa shape index (κ3) is 3.66. The molecule has 1 aliphatic heterocycles. The van der Waals surface area contributed by atoms with Crippen LogP contribution in [0.2, 0.25) is 0 Å². The van der Waals surface area contributed by atoms with Gasteiger partial charge in [-0.2, -0.15) is 18.2 Å². The highest BCUT2D eigenvalue weighted by Crippen LogP contribution is 2.30. The number of hydrogen-bond donors (Lipinski definition) is 0. The highest BCUT2D eigenvalue weighted by Gasteiger charge is 2.34. The number of aromatic nitrogens is 2. The topological polar surface area (TPSA) is 55.2 Å². The number of sulfonamides is 1. The lowest BCUT2D eigenvalue weighted by Gasteiger charge is -2.31. The Morgan fingerprint density at radius 2 is 1.77 bits per heavy atom. The number of hydrogen-bond acceptors (Lipinski definition) is 3. The summed E-state index contributed by atoms with van der Waals surface area (Å²) in [6.45, 7) is 0.786. The molecule has 26 heavy (non-hydrogen) atoms. The van der Waals surface area contributed by atoms with Crippen molar-refractivity contribution in [3.8, 4) is 0 Å². The lowest BCUT2D eigenvalue weighted by atomic mass is 9.91. The smallest absolute Gasteiger partial charge is 0.207 e. The van der Waals surface area contributed by atoms with Crippen molar-refractivity contribution >= 4 is 10.0 Å². The van der Waals surface area contributed by atoms with Crippen LogP contribution in [0.4, 0.5) is 8.78 Å². The minimum absolute atomic E-state index is 0.0103. The summed E-state index contributed by atoms with van der Waals surface area (Å²) in [6, 6.07) is 10.1. The van der Waals surface area contributed by atoms with Gasteiger partial charge in [-0.1, -0.05) is 30.3 Å². The zero-order valence-electron chi connectivity index (χ0n) is 14.9. The van der Waals surface area contributed by atoms with E-state index >= 15 is 0 Å². The molecular formula is C18H23F2N3O2S. The van der Waals surface area contributed by atoms with Gasteiger partial charge in [0.1, 0.15) is 4.90 Å². The fourth-order valence-electron chi connectivity index (χ4n) is 3.64. The first-order valence-electron chi connectivity index (χ1n) is 8.68. The molecule has 2 aromatic rings. The van der Waals surface area contributed by atoms with E-state index in [-0.39, 0.29) is 16.3 Å². The first-order valence-corrected chi connectivity index (χ1v) is 10.1. The van der Waals surface area contributed by atoms with Gasteiger partial charge in [-0.3, -0.25) is 0 Å². The van der Waals surface area contributed by atoms with Crippen LogP contribution in [0.25, 0.3) is 0 Å². The predicted molar refractivity (Wildman–Crippen MR) is 94.6 cm³/mol. The fourth-order valence-corrected chi connectivity index (χ4v) is 5.47. The fraction of sp³-hybridized carbons (Fsp3) is 0.500. The number of rotatable bonds is 5. The van der Waals surface area contributed by atoms with Gasteiger partial charge < -0.3 is 0 Å². The van der Waals surface area contributed by atoms with Gasteiger partial charge in [0.15, 0.2) is 0 Å². The van der Waals surface area contributed by atoms with E-state index in [1.165, 1.54) is 23.7 Å². The van der Waals surface area contributed by atoms with E-state index in [1.54, 1.807) is 0 Å². The Morgan fingerprint density at radius 1 is 1.15 bits per heavy atom. The molecule has 0 unspecified atom stereocenters. The molecule has 0 spiro atoms. The molecule has 1 saturated heterocycles. The second-order valence-electron chi connectivity index (χ2n) is 6.76. The predicted octanol–water partition coefficient (Wildman–Crippen LogP) is 3.54. The Kier molecular flexibility index (Phi) is 5.43. The van der Waals surface area contributed by atoms with Crippen molar-refractivity contribution in [2.75, 3.05) is 13.1 Å². The van der Waals surface area contributed by atoms with E-state index in [0.717, 1.165) is 19.3 Å². The van der Waals surface area contributed by atoms with Gasteiger partial charge in [0.25, 0.3) is 0 Å². The standard InChI is InChI=1S/C18H23F2N3O2S/c1-13-17(14(2)23(21-13)18(19)20)26(24,25)22-10-8-16(9-11-22)12-15-6-4-3-5-7-15/h3-7,16,18H,8-12H2,1-2H3. The van der Waals surface area contributed by atoms with Crippen molar-refractivity contribution in [3.05, 3.63) is 47.3 Å². The van der Waals surface area contributed by atoms with Crippen LogP contribution >= 0.6 is 0 Å². The molecule has 0 saturated carbocycles. The minimum atomic E-state index is -3.82. The summed E-state index contributed by atoms with van der Waals surface area (Å²) in [5.41, 5.74) is 1.36. The number of halogens is 2. The monoisotopic (exact) mass is 383 g/mol. The van der Waals surface area contributed by atoms with Gasteiger partial charge in [-0.15, -0.1) is 0 Å². The number of piperidine rings is 1. The molecule has 0 bridgehead atoms. The second kappa shape index (κ2) is 7.44. The maximum Gasteiger partial charge on any atom is 0.333 e. The Morgan fingerprint density at radius 3 is 2.31 bits per heavy atom. The highest BCUT2D eigenvalue weighted by atomic mass is 32.2. The molecule has 0 atom stereocenters. The molecule has 8 heteroatoms. The van der Waals surface area contributed by atoms with Crippen molar-refractivity contribution in [2.24, 2.45) is 5.92 Å². The molecule has 1 fully saturated rings. The van der Waals surface area contributed by atoms with Crippen molar-refractivity contribution < 1.29 is 17.2 Å². The molecule has 0 radical (unpaired) electrons. The molecule has 0 aliphatic carbocycles. The Hall–Kier alpha value is -1.80. The Bertz CT molecular complexity index is 858. The average Bonchev–Trinajstić information content (AvgIpc) is 2.91. The van der Waals surface area contributed by atoms with Crippen LogP contribution in [-0.4, -0.2) is 35.6 Å². The lowest BCUT2D eigenvalue weighted by molar-refractivity contribution is 0.0538. The number of aryl methyl sites for hydroxylation is 1. The zero-order chi connectivity index (χ0) is 18.9. The first kappa shape index (κ1) is 19.0. The van der Waals surface area contributed by atoms with E-state index in [1.807, 2.05) is 18.2 Å². The van der Waals surface area contributed by atoms with Gasteiger partial charge in [0, 0.05) is 13.1 Å². The quantitative estimate of drug-likeness (QED) is 0.794. The maximum absolute atomic E-state index is 13.0. The Labute approximate surface area is 152 Å². The summed E-state index contributed by atoms with van der Waals surface area (Å²) in [5.74, 6) is 0.426. The van der Waals surface area contributed by atoms with E-state index in [2.05, 4.69) is 17.2 Å². The first-order chi connectivity index (χ1) is 12.3. The molecule has 142 valence electrons. The molecule has 3 rings (SSSR count). The van der Waals surface area contributed by atoms with E-state index in [9.17, 15) is 17.2 Å². The van der Waals surface area contributed by atoms with E-state index in [4.69, 9.17) is 0 Å². The summed E-state index contributed by atoms with van der Waals surface area (Å²) in [5, 5.41) is 3.70. The molecule has 1 aliphatic rings. The van der Waals surface area contributed by atoms with Crippen LogP contribution in [-0.2, 0) is 16.4 Å². The van der Waals surface area contributed by atoms with Gasteiger partial charge in [0.2, 0.25) is 10.0 Å². The maximum atomic E-state index is 13.0. The summed E-state index contributed by atoms with van der Waals surface area (Å²) < 4.78 is 53.8. The van der Waals surface area contributed by atoms with Crippen LogP contribution in [0.5, 0.6) is 0 Å². The van der Waals surface area contributed by atoms with Crippen molar-refractivity contribution in [1.82, 2.24) is 14.1 Å². The third-order valence-electron chi connectivity index (χ3n) is 4.98. The number of benzene rings is 1. The molecule has 0 amide bonds. The van der Waals surface area contributed by atoms with Gasteiger partial charge >= 0.3 is 6.55 Å². The second-order valence-corrected chi connectivity index (χ2v) is 8.63. The van der Waals surface area contributed by atoms with Crippen molar-refractivity contribution in [3.63, 3.8) is 0 Å². The molecule has 2 heterocycles. The summed E-state index contributed by atoms with van der Waals surface area (Å²) in [4.78, 5) is -0.0840.